The van der Waals surface area contributed by atoms with Crippen molar-refractivity contribution in [1.29, 1.82) is 0 Å². The average Bonchev–Trinajstić information content (AvgIpc) is 2.25. The molecule has 1 aromatic carbocycles. The predicted octanol–water partition coefficient (Wildman–Crippen LogP) is 0.843. The van der Waals surface area contributed by atoms with Crippen LogP contribution in [0.4, 0.5) is 0 Å². The number of carboxylic acid groups (broad SMARTS) is 1. The lowest BCUT2D eigenvalue weighted by atomic mass is 9.91. The Morgan fingerprint density at radius 1 is 1.56 bits per heavy atom. The number of hydrogen-bond acceptors (Lipinski definition) is 3. The third kappa shape index (κ3) is 2.59. The van der Waals surface area contributed by atoms with Gasteiger partial charge in [-0.2, -0.15) is 0 Å². The average molecular weight is 222 g/mol. The van der Waals surface area contributed by atoms with Crippen LogP contribution in [0.25, 0.3) is 0 Å². The van der Waals surface area contributed by atoms with Crippen LogP contribution in [-0.2, 0) is 10.3 Å². The molecule has 0 aromatic heterocycles. The molecule has 0 spiro atoms. The molecule has 4 nitrogen and oxygen atoms in total. The number of nitrogens with two attached hydrogens (primary N) is 1. The Bertz CT molecular complexity index is 379. The van der Waals surface area contributed by atoms with Crippen molar-refractivity contribution < 1.29 is 9.90 Å². The highest BCUT2D eigenvalue weighted by Crippen LogP contribution is 2.21. The van der Waals surface area contributed by atoms with Gasteiger partial charge in [0.25, 0.3) is 0 Å². The van der Waals surface area contributed by atoms with E-state index in [0.717, 1.165) is 11.1 Å². The monoisotopic (exact) mass is 222 g/mol. The topological polar surface area (TPSA) is 75.3 Å². The van der Waals surface area contributed by atoms with E-state index in [-0.39, 0.29) is 0 Å². The van der Waals surface area contributed by atoms with Gasteiger partial charge in [0.1, 0.15) is 5.54 Å². The molecule has 0 aliphatic carbocycles. The number of rotatable bonds is 5. The number of nitrogens with one attached hydrogen (secondary N) is 1. The van der Waals surface area contributed by atoms with Crippen molar-refractivity contribution in [3.05, 3.63) is 35.4 Å². The number of carboxylic acids is 1. The molecule has 0 bridgehead atoms. The van der Waals surface area contributed by atoms with Gasteiger partial charge in [-0.15, -0.1) is 0 Å². The first kappa shape index (κ1) is 12.7. The molecule has 0 amide bonds. The Kier molecular flexibility index (Phi) is 4.04. The maximum absolute atomic E-state index is 11.3. The van der Waals surface area contributed by atoms with Crippen molar-refractivity contribution in [3.63, 3.8) is 0 Å². The molecule has 88 valence electrons. The van der Waals surface area contributed by atoms with Gasteiger partial charge in [0.05, 0.1) is 0 Å². The summed E-state index contributed by atoms with van der Waals surface area (Å²) in [5.41, 5.74) is 6.10. The summed E-state index contributed by atoms with van der Waals surface area (Å²) < 4.78 is 0. The highest BCUT2D eigenvalue weighted by molar-refractivity contribution is 5.80. The summed E-state index contributed by atoms with van der Waals surface area (Å²) in [4.78, 5) is 11.3. The van der Waals surface area contributed by atoms with Crippen molar-refractivity contribution in [3.8, 4) is 0 Å². The number of carbonyl (C=O) groups is 1. The maximum atomic E-state index is 11.3. The van der Waals surface area contributed by atoms with Crippen molar-refractivity contribution >= 4 is 5.97 Å². The van der Waals surface area contributed by atoms with Crippen LogP contribution in [0.5, 0.6) is 0 Å². The van der Waals surface area contributed by atoms with Crippen LogP contribution in [-0.4, -0.2) is 24.2 Å². The molecule has 1 rings (SSSR count). The number of aliphatic carboxylic acids is 1. The number of benzene rings is 1. The molecule has 0 aliphatic rings. The van der Waals surface area contributed by atoms with Crippen LogP contribution >= 0.6 is 0 Å². The largest absolute Gasteiger partial charge is 0.480 e. The third-order valence-corrected chi connectivity index (χ3v) is 2.65. The van der Waals surface area contributed by atoms with E-state index in [1.165, 1.54) is 0 Å². The fraction of sp³-hybridized carbons (Fsp3) is 0.417. The minimum absolute atomic E-state index is 0.411. The van der Waals surface area contributed by atoms with E-state index in [1.54, 1.807) is 6.92 Å². The van der Waals surface area contributed by atoms with Gasteiger partial charge in [0, 0.05) is 13.1 Å². The normalized spacial score (nSPS) is 14.4. The lowest BCUT2D eigenvalue weighted by molar-refractivity contribution is -0.144. The van der Waals surface area contributed by atoms with E-state index in [4.69, 9.17) is 5.73 Å². The first-order valence-electron chi connectivity index (χ1n) is 5.26. The molecule has 0 saturated carbocycles. The highest BCUT2D eigenvalue weighted by Gasteiger charge is 2.34. The fourth-order valence-electron chi connectivity index (χ4n) is 1.58. The molecule has 16 heavy (non-hydrogen) atoms. The van der Waals surface area contributed by atoms with Gasteiger partial charge in [-0.3, -0.25) is 5.32 Å². The zero-order chi connectivity index (χ0) is 12.2. The zero-order valence-electron chi connectivity index (χ0n) is 9.66. The van der Waals surface area contributed by atoms with Crippen LogP contribution in [0, 0.1) is 6.92 Å². The molecule has 0 saturated heterocycles. The van der Waals surface area contributed by atoms with E-state index in [9.17, 15) is 9.90 Å². The van der Waals surface area contributed by atoms with Crippen molar-refractivity contribution in [2.45, 2.75) is 19.4 Å². The first-order valence-corrected chi connectivity index (χ1v) is 5.26. The maximum Gasteiger partial charge on any atom is 0.328 e. The molecular formula is C12H18N2O2. The van der Waals surface area contributed by atoms with Crippen LogP contribution in [0.1, 0.15) is 18.1 Å². The molecule has 0 fully saturated rings. The Morgan fingerprint density at radius 3 is 2.75 bits per heavy atom. The van der Waals surface area contributed by atoms with Gasteiger partial charge in [0.15, 0.2) is 0 Å². The smallest absolute Gasteiger partial charge is 0.328 e. The van der Waals surface area contributed by atoms with Gasteiger partial charge in [-0.05, 0) is 19.4 Å². The van der Waals surface area contributed by atoms with E-state index in [2.05, 4.69) is 5.32 Å². The molecule has 0 heterocycles. The fourth-order valence-corrected chi connectivity index (χ4v) is 1.58. The van der Waals surface area contributed by atoms with Crippen LogP contribution < -0.4 is 11.1 Å². The molecule has 4 heteroatoms. The molecule has 4 N–H and O–H groups in total. The van der Waals surface area contributed by atoms with E-state index < -0.39 is 11.5 Å². The standard InChI is InChI=1S/C12H18N2O2/c1-9-4-3-5-10(8-9)12(2,11(15)16)14-7-6-13/h3-5,8,14H,6-7,13H2,1-2H3,(H,15,16). The summed E-state index contributed by atoms with van der Waals surface area (Å²) in [5.74, 6) is -0.897. The number of aryl methyl sites for hydroxylation is 1. The van der Waals surface area contributed by atoms with Crippen LogP contribution in [0.3, 0.4) is 0 Å². The van der Waals surface area contributed by atoms with Crippen LogP contribution in [0.2, 0.25) is 0 Å². The van der Waals surface area contributed by atoms with Gasteiger partial charge in [-0.1, -0.05) is 29.8 Å². The SMILES string of the molecule is Cc1cccc(C(C)(NCCN)C(=O)O)c1. The van der Waals surface area contributed by atoms with Crippen molar-refractivity contribution in [2.75, 3.05) is 13.1 Å². The van der Waals surface area contributed by atoms with E-state index >= 15 is 0 Å². The summed E-state index contributed by atoms with van der Waals surface area (Å²) in [6.45, 7) is 4.47. The molecule has 1 aromatic rings. The minimum Gasteiger partial charge on any atom is -0.480 e. The van der Waals surface area contributed by atoms with Crippen molar-refractivity contribution in [1.82, 2.24) is 5.32 Å². The second kappa shape index (κ2) is 5.09. The molecular weight excluding hydrogens is 204 g/mol. The van der Waals surface area contributed by atoms with Crippen molar-refractivity contribution in [2.24, 2.45) is 5.73 Å². The summed E-state index contributed by atoms with van der Waals surface area (Å²) in [6, 6.07) is 7.48. The summed E-state index contributed by atoms with van der Waals surface area (Å²) in [6.07, 6.45) is 0. The minimum atomic E-state index is -1.08. The predicted molar refractivity (Wildman–Crippen MR) is 63.2 cm³/mol. The Labute approximate surface area is 95.5 Å². The molecule has 0 radical (unpaired) electrons. The van der Waals surface area contributed by atoms with Gasteiger partial charge >= 0.3 is 5.97 Å². The van der Waals surface area contributed by atoms with Gasteiger partial charge < -0.3 is 10.8 Å². The second-order valence-electron chi connectivity index (χ2n) is 4.02. The Morgan fingerprint density at radius 2 is 2.25 bits per heavy atom. The molecule has 0 aliphatic heterocycles. The van der Waals surface area contributed by atoms with Crippen LogP contribution in [0.15, 0.2) is 24.3 Å². The third-order valence-electron chi connectivity index (χ3n) is 2.65. The lowest BCUT2D eigenvalue weighted by Crippen LogP contribution is -2.48. The number of hydrogen-bond donors (Lipinski definition) is 3. The zero-order valence-corrected chi connectivity index (χ0v) is 9.66. The summed E-state index contributed by atoms with van der Waals surface area (Å²) in [5, 5.41) is 12.3. The van der Waals surface area contributed by atoms with E-state index in [0.29, 0.717) is 13.1 Å². The molecule has 1 atom stereocenters. The quantitative estimate of drug-likeness (QED) is 0.690. The lowest BCUT2D eigenvalue weighted by Gasteiger charge is -2.27. The highest BCUT2D eigenvalue weighted by atomic mass is 16.4. The van der Waals surface area contributed by atoms with Gasteiger partial charge in [0.2, 0.25) is 0 Å². The second-order valence-corrected chi connectivity index (χ2v) is 4.02. The summed E-state index contributed by atoms with van der Waals surface area (Å²) in [7, 11) is 0. The summed E-state index contributed by atoms with van der Waals surface area (Å²) >= 11 is 0. The van der Waals surface area contributed by atoms with Gasteiger partial charge in [-0.25, -0.2) is 4.79 Å². The molecule has 1 unspecified atom stereocenters. The first-order chi connectivity index (χ1) is 7.50. The van der Waals surface area contributed by atoms with E-state index in [1.807, 2.05) is 31.2 Å². The Balaban J connectivity index is 3.06. The Hall–Kier alpha value is -1.39.